The van der Waals surface area contributed by atoms with E-state index in [1.54, 1.807) is 4.90 Å². The van der Waals surface area contributed by atoms with Crippen molar-refractivity contribution in [2.24, 2.45) is 0 Å². The van der Waals surface area contributed by atoms with Gasteiger partial charge in [0.05, 0.1) is 12.2 Å². The van der Waals surface area contributed by atoms with E-state index in [9.17, 15) is 22.8 Å². The van der Waals surface area contributed by atoms with Crippen LogP contribution >= 0.6 is 0 Å². The predicted molar refractivity (Wildman–Crippen MR) is 110 cm³/mol. The zero-order valence-electron chi connectivity index (χ0n) is 18.2. The average molecular weight is 441 g/mol. The molecule has 3 rings (SSSR count). The van der Waals surface area contributed by atoms with Gasteiger partial charge in [0.2, 0.25) is 5.91 Å². The molecule has 1 saturated heterocycles. The van der Waals surface area contributed by atoms with Crippen LogP contribution < -0.4 is 0 Å². The maximum Gasteiger partial charge on any atom is 0.416 e. The molecule has 0 N–H and O–H groups in total. The number of hydrogen-bond donors (Lipinski definition) is 0. The van der Waals surface area contributed by atoms with E-state index in [1.807, 2.05) is 13.8 Å². The highest BCUT2D eigenvalue weighted by molar-refractivity contribution is 5.98. The summed E-state index contributed by atoms with van der Waals surface area (Å²) in [6, 6.07) is 3.45. The number of rotatable bonds is 6. The number of alkyl halides is 3. The Kier molecular flexibility index (Phi) is 7.29. The summed E-state index contributed by atoms with van der Waals surface area (Å²) in [5.41, 5.74) is -1.53. The molecule has 1 aliphatic carbocycles. The van der Waals surface area contributed by atoms with Gasteiger partial charge in [-0.2, -0.15) is 13.2 Å². The second-order valence-electron chi connectivity index (χ2n) is 8.41. The summed E-state index contributed by atoms with van der Waals surface area (Å²) in [6.07, 6.45) is 1.19. The summed E-state index contributed by atoms with van der Waals surface area (Å²) >= 11 is 0. The van der Waals surface area contributed by atoms with Crippen molar-refractivity contribution in [3.8, 4) is 0 Å². The summed E-state index contributed by atoms with van der Waals surface area (Å²) in [7, 11) is 0. The molecule has 1 aromatic carbocycles. The van der Waals surface area contributed by atoms with Gasteiger partial charge >= 0.3 is 6.18 Å². The second kappa shape index (κ2) is 9.59. The molecular weight excluding hydrogens is 409 g/mol. The second-order valence-corrected chi connectivity index (χ2v) is 8.41. The topological polar surface area (TPSA) is 49.9 Å². The van der Waals surface area contributed by atoms with Crippen LogP contribution in [0.3, 0.4) is 0 Å². The lowest BCUT2D eigenvalue weighted by Crippen LogP contribution is -2.57. The van der Waals surface area contributed by atoms with Crippen LogP contribution in [0.15, 0.2) is 24.3 Å². The Hall–Kier alpha value is -2.09. The first-order valence-electron chi connectivity index (χ1n) is 11.2. The van der Waals surface area contributed by atoms with Crippen LogP contribution in [-0.4, -0.2) is 53.1 Å². The summed E-state index contributed by atoms with van der Waals surface area (Å²) in [5.74, 6) is -0.592. The molecule has 2 aliphatic rings. The van der Waals surface area contributed by atoms with E-state index in [0.717, 1.165) is 44.2 Å². The standard InChI is InChI=1S/C23H31F3N2O3/c1-3-14-27(15-4-2)21(30)19-16-31-22(12-6-5-7-13-22)28(19)20(29)17-8-10-18(11-9-17)23(24,25)26/h8-11,19H,3-7,12-16H2,1-2H3/t19-/m1/s1. The lowest BCUT2D eigenvalue weighted by molar-refractivity contribution is -0.137. The SMILES string of the molecule is CCCN(CCC)C(=O)[C@H]1COC2(CCCCC2)N1C(=O)c1ccc(C(F)(F)F)cc1. The molecule has 1 spiro atoms. The number of ether oxygens (including phenoxy) is 1. The van der Waals surface area contributed by atoms with Crippen LogP contribution in [0.25, 0.3) is 0 Å². The minimum Gasteiger partial charge on any atom is -0.353 e. The van der Waals surface area contributed by atoms with Crippen LogP contribution in [0.1, 0.15) is 74.7 Å². The molecule has 1 saturated carbocycles. The quantitative estimate of drug-likeness (QED) is 0.635. The van der Waals surface area contributed by atoms with Gasteiger partial charge in [-0.25, -0.2) is 0 Å². The van der Waals surface area contributed by atoms with Crippen LogP contribution in [0.4, 0.5) is 13.2 Å². The fourth-order valence-corrected chi connectivity index (χ4v) is 4.68. The van der Waals surface area contributed by atoms with E-state index in [4.69, 9.17) is 4.74 Å². The summed E-state index contributed by atoms with van der Waals surface area (Å²) in [6.45, 7) is 5.30. The number of nitrogens with zero attached hydrogens (tertiary/aromatic N) is 2. The molecule has 1 atom stereocenters. The van der Waals surface area contributed by atoms with E-state index in [0.29, 0.717) is 25.9 Å². The minimum atomic E-state index is -4.47. The Bertz CT molecular complexity index is 767. The fraction of sp³-hybridized carbons (Fsp3) is 0.652. The van der Waals surface area contributed by atoms with E-state index < -0.39 is 29.4 Å². The van der Waals surface area contributed by atoms with Crippen molar-refractivity contribution in [2.45, 2.75) is 76.7 Å². The van der Waals surface area contributed by atoms with Gasteiger partial charge < -0.3 is 9.64 Å². The molecule has 5 nitrogen and oxygen atoms in total. The number of halogens is 3. The van der Waals surface area contributed by atoms with Crippen LogP contribution in [0, 0.1) is 0 Å². The van der Waals surface area contributed by atoms with E-state index >= 15 is 0 Å². The third kappa shape index (κ3) is 4.89. The zero-order valence-corrected chi connectivity index (χ0v) is 18.2. The Balaban J connectivity index is 1.93. The van der Waals surface area contributed by atoms with Crippen molar-refractivity contribution < 1.29 is 27.5 Å². The number of carbonyl (C=O) groups is 2. The van der Waals surface area contributed by atoms with Crippen LogP contribution in [-0.2, 0) is 15.7 Å². The molecule has 8 heteroatoms. The highest BCUT2D eigenvalue weighted by atomic mass is 19.4. The maximum absolute atomic E-state index is 13.5. The maximum atomic E-state index is 13.5. The van der Waals surface area contributed by atoms with Gasteiger partial charge in [0.15, 0.2) is 0 Å². The fourth-order valence-electron chi connectivity index (χ4n) is 4.68. The molecule has 2 amide bonds. The first-order valence-corrected chi connectivity index (χ1v) is 11.2. The van der Waals surface area contributed by atoms with Crippen molar-refractivity contribution in [2.75, 3.05) is 19.7 Å². The van der Waals surface area contributed by atoms with Gasteiger partial charge in [0.25, 0.3) is 5.91 Å². The van der Waals surface area contributed by atoms with Crippen molar-refractivity contribution in [3.63, 3.8) is 0 Å². The van der Waals surface area contributed by atoms with Crippen molar-refractivity contribution >= 4 is 11.8 Å². The normalized spacial score (nSPS) is 20.8. The van der Waals surface area contributed by atoms with Crippen LogP contribution in [0.5, 0.6) is 0 Å². The van der Waals surface area contributed by atoms with Gasteiger partial charge in [0.1, 0.15) is 11.8 Å². The monoisotopic (exact) mass is 440 g/mol. The average Bonchev–Trinajstić information content (AvgIpc) is 3.10. The smallest absolute Gasteiger partial charge is 0.353 e. The van der Waals surface area contributed by atoms with Gasteiger partial charge in [-0.3, -0.25) is 14.5 Å². The largest absolute Gasteiger partial charge is 0.416 e. The first-order chi connectivity index (χ1) is 14.7. The molecule has 0 radical (unpaired) electrons. The highest BCUT2D eigenvalue weighted by Gasteiger charge is 2.53. The Morgan fingerprint density at radius 3 is 2.16 bits per heavy atom. The van der Waals surface area contributed by atoms with Crippen molar-refractivity contribution in [1.29, 1.82) is 0 Å². The molecule has 172 valence electrons. The number of hydrogen-bond acceptors (Lipinski definition) is 3. The van der Waals surface area contributed by atoms with Gasteiger partial charge in [-0.05, 0) is 62.8 Å². The molecule has 31 heavy (non-hydrogen) atoms. The van der Waals surface area contributed by atoms with Crippen molar-refractivity contribution in [1.82, 2.24) is 9.80 Å². The lowest BCUT2D eigenvalue weighted by Gasteiger charge is -2.42. The molecule has 0 unspecified atom stereocenters. The molecule has 0 bridgehead atoms. The minimum absolute atomic E-state index is 0.120. The Morgan fingerprint density at radius 2 is 1.65 bits per heavy atom. The van der Waals surface area contributed by atoms with Crippen LogP contribution in [0.2, 0.25) is 0 Å². The predicted octanol–water partition coefficient (Wildman–Crippen LogP) is 4.86. The Morgan fingerprint density at radius 1 is 1.06 bits per heavy atom. The first kappa shape index (κ1) is 23.6. The molecule has 0 aromatic heterocycles. The molecular formula is C23H31F3N2O3. The van der Waals surface area contributed by atoms with Gasteiger partial charge in [-0.1, -0.05) is 20.3 Å². The van der Waals surface area contributed by atoms with Crippen molar-refractivity contribution in [3.05, 3.63) is 35.4 Å². The molecule has 2 fully saturated rings. The number of benzene rings is 1. The van der Waals surface area contributed by atoms with E-state index in [2.05, 4.69) is 0 Å². The van der Waals surface area contributed by atoms with Gasteiger partial charge in [-0.15, -0.1) is 0 Å². The third-order valence-electron chi connectivity index (χ3n) is 6.16. The summed E-state index contributed by atoms with van der Waals surface area (Å²) in [4.78, 5) is 30.2. The Labute approximate surface area is 181 Å². The molecule has 1 heterocycles. The summed E-state index contributed by atoms with van der Waals surface area (Å²) < 4.78 is 45.0. The van der Waals surface area contributed by atoms with E-state index in [1.165, 1.54) is 17.0 Å². The van der Waals surface area contributed by atoms with E-state index in [-0.39, 0.29) is 18.1 Å². The third-order valence-corrected chi connectivity index (χ3v) is 6.16. The molecule has 1 aliphatic heterocycles. The van der Waals surface area contributed by atoms with Gasteiger partial charge in [0, 0.05) is 18.7 Å². The highest BCUT2D eigenvalue weighted by Crippen LogP contribution is 2.42. The summed E-state index contributed by atoms with van der Waals surface area (Å²) in [5, 5.41) is 0. The zero-order chi connectivity index (χ0) is 22.6. The number of amides is 2. The lowest BCUT2D eigenvalue weighted by atomic mass is 9.89. The molecule has 1 aromatic rings. The number of carbonyl (C=O) groups excluding carboxylic acids is 2.